The van der Waals surface area contributed by atoms with Crippen LogP contribution < -0.4 is 5.32 Å². The van der Waals surface area contributed by atoms with E-state index in [9.17, 15) is 0 Å². The second-order valence-corrected chi connectivity index (χ2v) is 7.34. The summed E-state index contributed by atoms with van der Waals surface area (Å²) < 4.78 is 0. The van der Waals surface area contributed by atoms with Gasteiger partial charge in [0.1, 0.15) is 0 Å². The summed E-state index contributed by atoms with van der Waals surface area (Å²) in [6.45, 7) is 15.6. The molecular weight excluding hydrogens is 266 g/mol. The summed E-state index contributed by atoms with van der Waals surface area (Å²) in [5, 5.41) is 3.41. The summed E-state index contributed by atoms with van der Waals surface area (Å²) in [5.74, 6) is 3.06. The van der Waals surface area contributed by atoms with Crippen molar-refractivity contribution in [1.82, 2.24) is 5.32 Å². The van der Waals surface area contributed by atoms with Gasteiger partial charge in [-0.25, -0.2) is 0 Å². The Balaban J connectivity index is 2.62. The third kappa shape index (κ3) is 5.12. The van der Waals surface area contributed by atoms with Gasteiger partial charge in [0, 0.05) is 6.04 Å². The van der Waals surface area contributed by atoms with Gasteiger partial charge in [0.05, 0.1) is 0 Å². The molecule has 0 aromatic rings. The van der Waals surface area contributed by atoms with E-state index in [4.69, 9.17) is 0 Å². The first-order chi connectivity index (χ1) is 10.4. The largest absolute Gasteiger partial charge is 0.316 e. The van der Waals surface area contributed by atoms with Crippen molar-refractivity contribution in [3.63, 3.8) is 0 Å². The fourth-order valence-electron chi connectivity index (χ4n) is 3.75. The highest BCUT2D eigenvalue weighted by atomic mass is 14.9. The molecule has 1 aliphatic rings. The van der Waals surface area contributed by atoms with Gasteiger partial charge in [0.25, 0.3) is 0 Å². The average molecular weight is 304 g/mol. The quantitative estimate of drug-likeness (QED) is 0.422. The zero-order valence-electron chi connectivity index (χ0n) is 15.7. The van der Waals surface area contributed by atoms with Crippen molar-refractivity contribution in [2.24, 2.45) is 23.7 Å². The summed E-state index contributed by atoms with van der Waals surface area (Å²) in [5.41, 5.74) is 2.98. The van der Waals surface area contributed by atoms with Gasteiger partial charge in [-0.1, -0.05) is 56.6 Å². The molecular formula is C21H37N. The van der Waals surface area contributed by atoms with Gasteiger partial charge in [0.15, 0.2) is 0 Å². The number of hydrogen-bond donors (Lipinski definition) is 1. The molecule has 1 heteroatoms. The monoisotopic (exact) mass is 303 g/mol. The third-order valence-corrected chi connectivity index (χ3v) is 5.87. The molecule has 4 unspecified atom stereocenters. The first-order valence-corrected chi connectivity index (χ1v) is 9.08. The van der Waals surface area contributed by atoms with Crippen LogP contribution in [0.1, 0.15) is 60.3 Å². The summed E-state index contributed by atoms with van der Waals surface area (Å²) in [7, 11) is 2.05. The van der Waals surface area contributed by atoms with Crippen LogP contribution in [0.5, 0.6) is 0 Å². The van der Waals surface area contributed by atoms with Crippen LogP contribution in [0.3, 0.4) is 0 Å². The SMILES string of the molecule is C=C[C@@H](C/C(C)=C\C=C(\C)C(C)C1CCC1C)C(CC)NC. The molecule has 0 aromatic heterocycles. The van der Waals surface area contributed by atoms with E-state index < -0.39 is 0 Å². The second-order valence-electron chi connectivity index (χ2n) is 7.34. The molecule has 22 heavy (non-hydrogen) atoms. The number of rotatable bonds is 9. The highest BCUT2D eigenvalue weighted by molar-refractivity contribution is 5.19. The van der Waals surface area contributed by atoms with Gasteiger partial charge in [-0.3, -0.25) is 0 Å². The Kier molecular flexibility index (Phi) is 8.17. The van der Waals surface area contributed by atoms with Crippen LogP contribution >= 0.6 is 0 Å². The lowest BCUT2D eigenvalue weighted by Crippen LogP contribution is -2.31. The standard InChI is InChI=1S/C21H37N/c1-8-19(21(9-2)22-7)14-15(3)10-11-16(4)18(6)20-13-12-17(20)5/h8,10-11,17-22H,1,9,12-14H2,2-7H3/b15-10-,16-11-/t17?,18?,19-,20?,21?/m0/s1. The highest BCUT2D eigenvalue weighted by Gasteiger charge is 2.31. The molecule has 0 bridgehead atoms. The Bertz CT molecular complexity index is 400. The number of hydrogen-bond acceptors (Lipinski definition) is 1. The van der Waals surface area contributed by atoms with Crippen LogP contribution in [0, 0.1) is 23.7 Å². The van der Waals surface area contributed by atoms with E-state index in [1.165, 1.54) is 24.0 Å². The highest BCUT2D eigenvalue weighted by Crippen LogP contribution is 2.41. The lowest BCUT2D eigenvalue weighted by Gasteiger charge is -2.39. The van der Waals surface area contributed by atoms with Crippen molar-refractivity contribution in [3.05, 3.63) is 36.0 Å². The van der Waals surface area contributed by atoms with E-state index >= 15 is 0 Å². The van der Waals surface area contributed by atoms with Gasteiger partial charge in [0.2, 0.25) is 0 Å². The Morgan fingerprint density at radius 1 is 1.27 bits per heavy atom. The van der Waals surface area contributed by atoms with Crippen molar-refractivity contribution >= 4 is 0 Å². The minimum absolute atomic E-state index is 0.518. The second kappa shape index (κ2) is 9.35. The molecule has 5 atom stereocenters. The summed E-state index contributed by atoms with van der Waals surface area (Å²) >= 11 is 0. The van der Waals surface area contributed by atoms with E-state index in [0.29, 0.717) is 12.0 Å². The summed E-state index contributed by atoms with van der Waals surface area (Å²) in [6, 6.07) is 0.528. The van der Waals surface area contributed by atoms with E-state index in [-0.39, 0.29) is 0 Å². The van der Waals surface area contributed by atoms with E-state index in [2.05, 4.69) is 71.8 Å². The van der Waals surface area contributed by atoms with Crippen molar-refractivity contribution in [3.8, 4) is 0 Å². The first kappa shape index (κ1) is 19.2. The minimum atomic E-state index is 0.518. The molecule has 1 aliphatic carbocycles. The zero-order valence-corrected chi connectivity index (χ0v) is 15.7. The lowest BCUT2D eigenvalue weighted by molar-refractivity contribution is 0.147. The fraction of sp³-hybridized carbons (Fsp3) is 0.714. The minimum Gasteiger partial charge on any atom is -0.316 e. The molecule has 0 amide bonds. The maximum atomic E-state index is 4.02. The molecule has 0 aliphatic heterocycles. The predicted molar refractivity (Wildman–Crippen MR) is 100 cm³/mol. The molecule has 1 fully saturated rings. The number of allylic oxidation sites excluding steroid dienone is 4. The van der Waals surface area contributed by atoms with Crippen molar-refractivity contribution < 1.29 is 0 Å². The molecule has 0 heterocycles. The lowest BCUT2D eigenvalue weighted by atomic mass is 9.67. The van der Waals surface area contributed by atoms with Crippen LogP contribution in [0.4, 0.5) is 0 Å². The molecule has 1 saturated carbocycles. The Hall–Kier alpha value is -0.820. The maximum Gasteiger partial charge on any atom is 0.0127 e. The normalized spacial score (nSPS) is 27.0. The maximum absolute atomic E-state index is 4.02. The Labute approximate surface area is 139 Å². The van der Waals surface area contributed by atoms with Gasteiger partial charge in [-0.2, -0.15) is 0 Å². The molecule has 1 N–H and O–H groups in total. The summed E-state index contributed by atoms with van der Waals surface area (Å²) in [6.07, 6.45) is 11.9. The van der Waals surface area contributed by atoms with Gasteiger partial charge < -0.3 is 5.32 Å². The van der Waals surface area contributed by atoms with Crippen LogP contribution in [0.15, 0.2) is 36.0 Å². The average Bonchev–Trinajstić information content (AvgIpc) is 2.50. The molecule has 0 saturated heterocycles. The number of nitrogens with one attached hydrogen (secondary N) is 1. The molecule has 0 spiro atoms. The fourth-order valence-corrected chi connectivity index (χ4v) is 3.75. The topological polar surface area (TPSA) is 12.0 Å². The van der Waals surface area contributed by atoms with Crippen LogP contribution in [0.25, 0.3) is 0 Å². The third-order valence-electron chi connectivity index (χ3n) is 5.87. The predicted octanol–water partition coefficient (Wildman–Crippen LogP) is 5.75. The van der Waals surface area contributed by atoms with Crippen LogP contribution in [-0.2, 0) is 0 Å². The molecule has 126 valence electrons. The van der Waals surface area contributed by atoms with E-state index in [1.807, 2.05) is 0 Å². The van der Waals surface area contributed by atoms with Crippen molar-refractivity contribution in [2.45, 2.75) is 66.3 Å². The van der Waals surface area contributed by atoms with Crippen LogP contribution in [-0.4, -0.2) is 13.1 Å². The van der Waals surface area contributed by atoms with Crippen molar-refractivity contribution in [2.75, 3.05) is 7.05 Å². The smallest absolute Gasteiger partial charge is 0.0127 e. The van der Waals surface area contributed by atoms with Gasteiger partial charge in [-0.05, 0) is 63.8 Å². The molecule has 1 nitrogen and oxygen atoms in total. The van der Waals surface area contributed by atoms with Gasteiger partial charge >= 0.3 is 0 Å². The summed E-state index contributed by atoms with van der Waals surface area (Å²) in [4.78, 5) is 0. The van der Waals surface area contributed by atoms with Crippen molar-refractivity contribution in [1.29, 1.82) is 0 Å². The van der Waals surface area contributed by atoms with E-state index in [1.54, 1.807) is 0 Å². The first-order valence-electron chi connectivity index (χ1n) is 9.08. The molecule has 0 radical (unpaired) electrons. The van der Waals surface area contributed by atoms with E-state index in [0.717, 1.165) is 30.6 Å². The molecule has 1 rings (SSSR count). The Morgan fingerprint density at radius 3 is 2.36 bits per heavy atom. The van der Waals surface area contributed by atoms with Gasteiger partial charge in [-0.15, -0.1) is 6.58 Å². The van der Waals surface area contributed by atoms with Crippen LogP contribution in [0.2, 0.25) is 0 Å². The Morgan fingerprint density at radius 2 is 1.95 bits per heavy atom. The zero-order chi connectivity index (χ0) is 16.7. The molecule has 0 aromatic carbocycles.